The molecule has 2 aromatic carbocycles. The van der Waals surface area contributed by atoms with Crippen LogP contribution in [0.2, 0.25) is 0 Å². The lowest BCUT2D eigenvalue weighted by Crippen LogP contribution is -2.08. The average molecular weight is 346 g/mol. The predicted octanol–water partition coefficient (Wildman–Crippen LogP) is 1.67. The Hall–Kier alpha value is -3.42. The summed E-state index contributed by atoms with van der Waals surface area (Å²) in [7, 11) is 1.30. The highest BCUT2D eigenvalue weighted by Crippen LogP contribution is 2.17. The highest BCUT2D eigenvalue weighted by molar-refractivity contribution is 5.96. The summed E-state index contributed by atoms with van der Waals surface area (Å²) in [5.41, 5.74) is 24.4. The van der Waals surface area contributed by atoms with Gasteiger partial charge in [-0.25, -0.2) is 9.59 Å². The maximum Gasteiger partial charge on any atom is 0.340 e. The Bertz CT molecular complexity index is 762. The van der Waals surface area contributed by atoms with Crippen molar-refractivity contribution in [1.29, 1.82) is 0 Å². The van der Waals surface area contributed by atoms with Crippen molar-refractivity contribution < 1.29 is 19.1 Å². The third-order valence-electron chi connectivity index (χ3n) is 3.05. The molecule has 0 aliphatic heterocycles. The zero-order valence-electron chi connectivity index (χ0n) is 14.1. The van der Waals surface area contributed by atoms with Crippen molar-refractivity contribution in [1.82, 2.24) is 0 Å². The van der Waals surface area contributed by atoms with Gasteiger partial charge in [-0.15, -0.1) is 0 Å². The summed E-state index contributed by atoms with van der Waals surface area (Å²) in [5.74, 6) is -0.868. The van der Waals surface area contributed by atoms with Gasteiger partial charge in [-0.2, -0.15) is 0 Å². The molecule has 0 saturated heterocycles. The molecule has 0 fully saturated rings. The molecule has 0 bridgehead atoms. The molecule has 25 heavy (non-hydrogen) atoms. The van der Waals surface area contributed by atoms with E-state index in [2.05, 4.69) is 4.74 Å². The van der Waals surface area contributed by atoms with Gasteiger partial charge in [0.05, 0.1) is 24.8 Å². The van der Waals surface area contributed by atoms with Crippen LogP contribution < -0.4 is 22.9 Å². The Labute approximate surface area is 145 Å². The quantitative estimate of drug-likeness (QED) is 0.483. The van der Waals surface area contributed by atoms with E-state index in [0.29, 0.717) is 40.5 Å². The predicted molar refractivity (Wildman–Crippen MR) is 97.8 cm³/mol. The number of carbonyl (C=O) groups is 2. The van der Waals surface area contributed by atoms with E-state index < -0.39 is 11.9 Å². The molecule has 0 saturated carbocycles. The van der Waals surface area contributed by atoms with Crippen molar-refractivity contribution in [3.8, 4) is 0 Å². The largest absolute Gasteiger partial charge is 0.465 e. The van der Waals surface area contributed by atoms with Crippen LogP contribution in [0.5, 0.6) is 0 Å². The molecule has 2 rings (SSSR count). The first kappa shape index (κ1) is 19.6. The number of hydrogen-bond acceptors (Lipinski definition) is 8. The van der Waals surface area contributed by atoms with Crippen LogP contribution in [0.15, 0.2) is 36.4 Å². The van der Waals surface area contributed by atoms with Crippen molar-refractivity contribution in [2.75, 3.05) is 36.7 Å². The second-order valence-corrected chi connectivity index (χ2v) is 4.91. The lowest BCUT2D eigenvalue weighted by atomic mass is 10.1. The molecule has 0 aliphatic rings. The van der Waals surface area contributed by atoms with Gasteiger partial charge in [-0.1, -0.05) is 0 Å². The SMILES string of the molecule is CCOC(=O)c1ccc(N)cc1N.COC(=O)c1ccc(N)cc1N. The number of esters is 2. The van der Waals surface area contributed by atoms with Crippen LogP contribution in [0.3, 0.4) is 0 Å². The molecule has 8 heteroatoms. The van der Waals surface area contributed by atoms with Gasteiger partial charge in [0.25, 0.3) is 0 Å². The van der Waals surface area contributed by atoms with Crippen molar-refractivity contribution in [3.63, 3.8) is 0 Å². The first-order valence-electron chi connectivity index (χ1n) is 7.35. The van der Waals surface area contributed by atoms with Crippen LogP contribution in [0.1, 0.15) is 27.6 Å². The van der Waals surface area contributed by atoms with Gasteiger partial charge in [-0.05, 0) is 43.3 Å². The highest BCUT2D eigenvalue weighted by atomic mass is 16.5. The minimum atomic E-state index is -0.451. The molecule has 8 nitrogen and oxygen atoms in total. The smallest absolute Gasteiger partial charge is 0.340 e. The number of hydrogen-bond donors (Lipinski definition) is 4. The number of rotatable bonds is 3. The van der Waals surface area contributed by atoms with Gasteiger partial charge in [0.15, 0.2) is 0 Å². The molecule has 0 heterocycles. The zero-order valence-corrected chi connectivity index (χ0v) is 14.1. The van der Waals surface area contributed by atoms with E-state index in [1.165, 1.54) is 25.3 Å². The number of methoxy groups -OCH3 is 1. The van der Waals surface area contributed by atoms with Gasteiger partial charge in [-0.3, -0.25) is 0 Å². The van der Waals surface area contributed by atoms with E-state index in [9.17, 15) is 9.59 Å². The maximum atomic E-state index is 11.2. The molecule has 2 aromatic rings. The Morgan fingerprint density at radius 3 is 1.64 bits per heavy atom. The third kappa shape index (κ3) is 5.61. The fourth-order valence-electron chi connectivity index (χ4n) is 1.85. The van der Waals surface area contributed by atoms with Gasteiger partial charge < -0.3 is 32.4 Å². The fourth-order valence-corrected chi connectivity index (χ4v) is 1.85. The van der Waals surface area contributed by atoms with E-state index in [-0.39, 0.29) is 0 Å². The molecule has 8 N–H and O–H groups in total. The molecule has 0 aromatic heterocycles. The van der Waals surface area contributed by atoms with Crippen LogP contribution in [0.25, 0.3) is 0 Å². The Morgan fingerprint density at radius 1 is 0.840 bits per heavy atom. The first-order valence-corrected chi connectivity index (χ1v) is 7.35. The molecular weight excluding hydrogens is 324 g/mol. The van der Waals surface area contributed by atoms with Gasteiger partial charge in [0.2, 0.25) is 0 Å². The topological polar surface area (TPSA) is 157 Å². The molecule has 0 spiro atoms. The van der Waals surface area contributed by atoms with E-state index >= 15 is 0 Å². The highest BCUT2D eigenvalue weighted by Gasteiger charge is 2.10. The van der Waals surface area contributed by atoms with E-state index in [4.69, 9.17) is 27.7 Å². The summed E-state index contributed by atoms with van der Waals surface area (Å²) in [6.07, 6.45) is 0. The maximum absolute atomic E-state index is 11.2. The van der Waals surface area contributed by atoms with Crippen LogP contribution in [0, 0.1) is 0 Å². The molecule has 0 radical (unpaired) electrons. The number of nitrogen functional groups attached to an aromatic ring is 4. The second kappa shape index (κ2) is 9.02. The van der Waals surface area contributed by atoms with Crippen molar-refractivity contribution in [2.24, 2.45) is 0 Å². The standard InChI is InChI=1S/C9H12N2O2.C8H10N2O2/c1-2-13-9(12)7-4-3-6(10)5-8(7)11;1-12-8(11)6-3-2-5(9)4-7(6)10/h3-5H,2,10-11H2,1H3;2-4H,9-10H2,1H3. The van der Waals surface area contributed by atoms with Crippen molar-refractivity contribution in [3.05, 3.63) is 47.5 Å². The summed E-state index contributed by atoms with van der Waals surface area (Å²) < 4.78 is 9.29. The van der Waals surface area contributed by atoms with E-state index in [0.717, 1.165) is 0 Å². The minimum Gasteiger partial charge on any atom is -0.465 e. The summed E-state index contributed by atoms with van der Waals surface area (Å²) in [4.78, 5) is 22.2. The molecule has 0 atom stereocenters. The van der Waals surface area contributed by atoms with Gasteiger partial charge >= 0.3 is 11.9 Å². The van der Waals surface area contributed by atoms with Crippen molar-refractivity contribution >= 4 is 34.7 Å². The fraction of sp³-hybridized carbons (Fsp3) is 0.176. The Balaban J connectivity index is 0.000000251. The minimum absolute atomic E-state index is 0.335. The normalized spacial score (nSPS) is 9.52. The number of nitrogens with two attached hydrogens (primary N) is 4. The number of benzene rings is 2. The average Bonchev–Trinajstić information content (AvgIpc) is 2.55. The number of ether oxygens (including phenoxy) is 2. The monoisotopic (exact) mass is 346 g/mol. The second-order valence-electron chi connectivity index (χ2n) is 4.91. The Kier molecular flexibility index (Phi) is 7.08. The van der Waals surface area contributed by atoms with Gasteiger partial charge in [0.1, 0.15) is 0 Å². The molecule has 134 valence electrons. The molecule has 0 unspecified atom stereocenters. The summed E-state index contributed by atoms with van der Waals surface area (Å²) in [6, 6.07) is 9.36. The number of anilines is 4. The van der Waals surface area contributed by atoms with E-state index in [1.807, 2.05) is 0 Å². The number of carbonyl (C=O) groups excluding carboxylic acids is 2. The summed E-state index contributed by atoms with van der Waals surface area (Å²) in [6.45, 7) is 2.08. The molecular formula is C17H22N4O4. The van der Waals surface area contributed by atoms with Crippen LogP contribution in [-0.2, 0) is 9.47 Å². The Morgan fingerprint density at radius 2 is 1.28 bits per heavy atom. The molecule has 0 aliphatic carbocycles. The van der Waals surface area contributed by atoms with Crippen LogP contribution >= 0.6 is 0 Å². The van der Waals surface area contributed by atoms with Crippen molar-refractivity contribution in [2.45, 2.75) is 6.92 Å². The van der Waals surface area contributed by atoms with E-state index in [1.54, 1.807) is 25.1 Å². The summed E-state index contributed by atoms with van der Waals surface area (Å²) >= 11 is 0. The van der Waals surface area contributed by atoms with Gasteiger partial charge in [0, 0.05) is 22.7 Å². The summed E-state index contributed by atoms with van der Waals surface area (Å²) in [5, 5.41) is 0. The lowest BCUT2D eigenvalue weighted by molar-refractivity contribution is 0.0526. The molecule has 0 amide bonds. The van der Waals surface area contributed by atoms with Crippen LogP contribution in [0.4, 0.5) is 22.7 Å². The lowest BCUT2D eigenvalue weighted by Gasteiger charge is -2.05. The third-order valence-corrected chi connectivity index (χ3v) is 3.05. The van der Waals surface area contributed by atoms with Crippen LogP contribution in [-0.4, -0.2) is 25.7 Å². The zero-order chi connectivity index (χ0) is 19.0. The first-order chi connectivity index (χ1) is 11.8.